The van der Waals surface area contributed by atoms with E-state index in [4.69, 9.17) is 14.2 Å². The molecule has 0 aromatic rings. The number of esters is 3. The Bertz CT molecular complexity index is 1730. The van der Waals surface area contributed by atoms with Gasteiger partial charge >= 0.3 is 17.9 Å². The highest BCUT2D eigenvalue weighted by Gasteiger charge is 2.19. The summed E-state index contributed by atoms with van der Waals surface area (Å²) in [5.74, 6) is -0.914. The third-order valence-electron chi connectivity index (χ3n) is 14.4. The zero-order chi connectivity index (χ0) is 59.2. The molecule has 0 heterocycles. The molecule has 0 radical (unpaired) electrons. The summed E-state index contributed by atoms with van der Waals surface area (Å²) >= 11 is 0. The molecule has 1 unspecified atom stereocenters. The average Bonchev–Trinajstić information content (AvgIpc) is 3.47. The lowest BCUT2D eigenvalue weighted by molar-refractivity contribution is -0.167. The van der Waals surface area contributed by atoms with Gasteiger partial charge in [-0.15, -0.1) is 0 Å². The van der Waals surface area contributed by atoms with Gasteiger partial charge in [-0.05, 0) is 141 Å². The molecular formula is C76H126O6. The Morgan fingerprint density at radius 3 is 0.780 bits per heavy atom. The standard InChI is InChI=1S/C76H126O6/c1-4-7-10-13-16-19-22-25-27-29-31-33-34-35-36-37-38-39-40-41-42-44-45-47-49-51-54-57-60-63-66-69-75(78)81-72-73(71-80-74(77)68-65-62-59-56-53-24-21-18-15-12-9-6-3)82-76(79)70-67-64-61-58-55-52-50-48-46-43-32-30-28-26-23-20-17-14-11-8-5-2/h7,10,16,18-19,21,23,25-27,30-33,35-36,38-39,41-42,45,47,73H,4-6,8-9,11-15,17,20,22,24,28-29,34,37,40,43-44,46,48-72H2,1-3H3/b10-7-,19-16-,21-18-,26-23-,27-25-,32-30-,33-31-,36-35-,39-38-,42-41-,47-45-. The number of allylic oxidation sites excluding steroid dienone is 22. The topological polar surface area (TPSA) is 78.9 Å². The van der Waals surface area contributed by atoms with E-state index in [2.05, 4.69) is 154 Å². The molecule has 0 spiro atoms. The van der Waals surface area contributed by atoms with Gasteiger partial charge in [0.25, 0.3) is 0 Å². The summed E-state index contributed by atoms with van der Waals surface area (Å²) in [7, 11) is 0. The predicted octanol–water partition coefficient (Wildman–Crippen LogP) is 23.7. The van der Waals surface area contributed by atoms with Crippen LogP contribution in [0.15, 0.2) is 134 Å². The molecule has 1 atom stereocenters. The van der Waals surface area contributed by atoms with E-state index < -0.39 is 6.10 Å². The van der Waals surface area contributed by atoms with Gasteiger partial charge in [-0.3, -0.25) is 14.4 Å². The molecular weight excluding hydrogens is 1010 g/mol. The van der Waals surface area contributed by atoms with Crippen molar-refractivity contribution in [1.82, 2.24) is 0 Å². The third kappa shape index (κ3) is 66.4. The van der Waals surface area contributed by atoms with Crippen molar-refractivity contribution in [2.24, 2.45) is 0 Å². The molecule has 0 fully saturated rings. The first kappa shape index (κ1) is 77.5. The van der Waals surface area contributed by atoms with Gasteiger partial charge < -0.3 is 14.2 Å². The van der Waals surface area contributed by atoms with Gasteiger partial charge in [0.15, 0.2) is 6.10 Å². The lowest BCUT2D eigenvalue weighted by atomic mass is 10.1. The van der Waals surface area contributed by atoms with Crippen LogP contribution >= 0.6 is 0 Å². The summed E-state index contributed by atoms with van der Waals surface area (Å²) in [5.41, 5.74) is 0. The maximum absolute atomic E-state index is 12.9. The first-order valence-corrected chi connectivity index (χ1v) is 34.2. The zero-order valence-corrected chi connectivity index (χ0v) is 53.5. The van der Waals surface area contributed by atoms with Crippen LogP contribution in [0.4, 0.5) is 0 Å². The fourth-order valence-corrected chi connectivity index (χ4v) is 9.25. The van der Waals surface area contributed by atoms with E-state index in [-0.39, 0.29) is 31.1 Å². The summed E-state index contributed by atoms with van der Waals surface area (Å²) in [4.78, 5) is 38.4. The summed E-state index contributed by atoms with van der Waals surface area (Å²) in [6.07, 6.45) is 97.5. The smallest absolute Gasteiger partial charge is 0.306 e. The molecule has 466 valence electrons. The molecule has 6 nitrogen and oxygen atoms in total. The van der Waals surface area contributed by atoms with Crippen molar-refractivity contribution in [2.75, 3.05) is 13.2 Å². The fraction of sp³-hybridized carbons (Fsp3) is 0.671. The Labute approximate surface area is 506 Å². The van der Waals surface area contributed by atoms with E-state index >= 15 is 0 Å². The quantitative estimate of drug-likeness (QED) is 0.0261. The lowest BCUT2D eigenvalue weighted by Gasteiger charge is -2.18. The third-order valence-corrected chi connectivity index (χ3v) is 14.4. The van der Waals surface area contributed by atoms with E-state index in [1.165, 1.54) is 135 Å². The second kappa shape index (κ2) is 69.0. The summed E-state index contributed by atoms with van der Waals surface area (Å²) in [5, 5.41) is 0. The van der Waals surface area contributed by atoms with E-state index in [1.54, 1.807) is 0 Å². The van der Waals surface area contributed by atoms with Gasteiger partial charge in [0.1, 0.15) is 13.2 Å². The Balaban J connectivity index is 4.34. The van der Waals surface area contributed by atoms with E-state index in [0.29, 0.717) is 19.3 Å². The van der Waals surface area contributed by atoms with Crippen LogP contribution in [0.1, 0.15) is 310 Å². The molecule has 0 bridgehead atoms. The fourth-order valence-electron chi connectivity index (χ4n) is 9.25. The summed E-state index contributed by atoms with van der Waals surface area (Å²) in [6, 6.07) is 0. The molecule has 0 amide bonds. The minimum absolute atomic E-state index is 0.0909. The van der Waals surface area contributed by atoms with Crippen molar-refractivity contribution < 1.29 is 28.6 Å². The minimum atomic E-state index is -0.795. The van der Waals surface area contributed by atoms with E-state index in [1.807, 2.05) is 0 Å². The van der Waals surface area contributed by atoms with Crippen molar-refractivity contribution in [3.8, 4) is 0 Å². The average molecular weight is 1140 g/mol. The molecule has 6 heteroatoms. The van der Waals surface area contributed by atoms with E-state index in [0.717, 1.165) is 135 Å². The Kier molecular flexibility index (Phi) is 65.3. The Morgan fingerprint density at radius 1 is 0.256 bits per heavy atom. The van der Waals surface area contributed by atoms with Crippen LogP contribution < -0.4 is 0 Å². The monoisotopic (exact) mass is 1130 g/mol. The molecule has 0 N–H and O–H groups in total. The number of hydrogen-bond acceptors (Lipinski definition) is 6. The van der Waals surface area contributed by atoms with Crippen molar-refractivity contribution in [3.05, 3.63) is 134 Å². The SMILES string of the molecule is CC/C=C\C/C=C\C/C=C\C/C=C\C/C=C\C/C=C\C/C=C\C/C=C\CCCCCCCCC(=O)OCC(COC(=O)CCCCCCC/C=C\CCCCC)OC(=O)CCCCCCCCCCC/C=C\C/C=C\CCCCCCC. The molecule has 0 aromatic carbocycles. The number of hydrogen-bond donors (Lipinski definition) is 0. The number of carbonyl (C=O) groups excluding carboxylic acids is 3. The maximum Gasteiger partial charge on any atom is 0.306 e. The Morgan fingerprint density at radius 2 is 0.476 bits per heavy atom. The summed E-state index contributed by atoms with van der Waals surface area (Å²) < 4.78 is 16.9. The highest BCUT2D eigenvalue weighted by molar-refractivity contribution is 5.71. The highest BCUT2D eigenvalue weighted by Crippen LogP contribution is 2.15. The highest BCUT2D eigenvalue weighted by atomic mass is 16.6. The van der Waals surface area contributed by atoms with E-state index in [9.17, 15) is 14.4 Å². The molecule has 82 heavy (non-hydrogen) atoms. The van der Waals surface area contributed by atoms with Crippen LogP contribution in [0.2, 0.25) is 0 Å². The molecule has 0 aliphatic rings. The largest absolute Gasteiger partial charge is 0.462 e. The van der Waals surface area contributed by atoms with Crippen LogP contribution in [0, 0.1) is 0 Å². The number of ether oxygens (including phenoxy) is 3. The molecule has 0 saturated carbocycles. The van der Waals surface area contributed by atoms with Crippen LogP contribution in [0.25, 0.3) is 0 Å². The van der Waals surface area contributed by atoms with Gasteiger partial charge in [-0.2, -0.15) is 0 Å². The van der Waals surface area contributed by atoms with Crippen LogP contribution in [0.5, 0.6) is 0 Å². The van der Waals surface area contributed by atoms with Crippen LogP contribution in [-0.2, 0) is 28.6 Å². The molecule has 0 aromatic heterocycles. The van der Waals surface area contributed by atoms with Crippen molar-refractivity contribution in [3.63, 3.8) is 0 Å². The predicted molar refractivity (Wildman–Crippen MR) is 357 cm³/mol. The normalized spacial score (nSPS) is 13.0. The first-order valence-electron chi connectivity index (χ1n) is 34.2. The lowest BCUT2D eigenvalue weighted by Crippen LogP contribution is -2.30. The van der Waals surface area contributed by atoms with Crippen molar-refractivity contribution in [2.45, 2.75) is 316 Å². The number of unbranched alkanes of at least 4 members (excludes halogenated alkanes) is 28. The summed E-state index contributed by atoms with van der Waals surface area (Å²) in [6.45, 7) is 6.48. The van der Waals surface area contributed by atoms with Gasteiger partial charge in [0.2, 0.25) is 0 Å². The zero-order valence-electron chi connectivity index (χ0n) is 53.5. The van der Waals surface area contributed by atoms with Gasteiger partial charge in [-0.1, -0.05) is 283 Å². The van der Waals surface area contributed by atoms with Crippen molar-refractivity contribution >= 4 is 17.9 Å². The Hall–Kier alpha value is -4.45. The molecule has 0 rings (SSSR count). The minimum Gasteiger partial charge on any atom is -0.462 e. The molecule has 0 aliphatic heterocycles. The van der Waals surface area contributed by atoms with Crippen LogP contribution in [0.3, 0.4) is 0 Å². The number of carbonyl (C=O) groups is 3. The first-order chi connectivity index (χ1) is 40.5. The number of rotatable bonds is 61. The second-order valence-corrected chi connectivity index (χ2v) is 22.3. The van der Waals surface area contributed by atoms with Gasteiger partial charge in [0.05, 0.1) is 0 Å². The van der Waals surface area contributed by atoms with Crippen LogP contribution in [-0.4, -0.2) is 37.2 Å². The molecule has 0 saturated heterocycles. The maximum atomic E-state index is 12.9. The van der Waals surface area contributed by atoms with Gasteiger partial charge in [-0.25, -0.2) is 0 Å². The second-order valence-electron chi connectivity index (χ2n) is 22.3. The molecule has 0 aliphatic carbocycles. The van der Waals surface area contributed by atoms with Gasteiger partial charge in [0, 0.05) is 19.3 Å². The van der Waals surface area contributed by atoms with Crippen molar-refractivity contribution in [1.29, 1.82) is 0 Å².